The Morgan fingerprint density at radius 3 is 2.79 bits per heavy atom. The van der Waals surface area contributed by atoms with Crippen molar-refractivity contribution in [2.45, 2.75) is 45.6 Å². The summed E-state index contributed by atoms with van der Waals surface area (Å²) in [5, 5.41) is 7.28. The third-order valence-corrected chi connectivity index (χ3v) is 5.27. The summed E-state index contributed by atoms with van der Waals surface area (Å²) in [4.78, 5) is 15.9. The number of nitrogens with one attached hydrogen (secondary N) is 3. The molecule has 0 bridgehead atoms. The highest BCUT2D eigenvalue weighted by molar-refractivity contribution is 5.90. The van der Waals surface area contributed by atoms with Gasteiger partial charge >= 0.3 is 6.03 Å². The lowest BCUT2D eigenvalue weighted by atomic mass is 10.1. The van der Waals surface area contributed by atoms with Crippen LogP contribution in [0.5, 0.6) is 5.75 Å². The van der Waals surface area contributed by atoms with Crippen molar-refractivity contribution >= 4 is 22.6 Å². The normalized spacial score (nSPS) is 15.4. The van der Waals surface area contributed by atoms with Crippen molar-refractivity contribution in [1.82, 2.24) is 10.3 Å². The summed E-state index contributed by atoms with van der Waals surface area (Å²) >= 11 is 0. The summed E-state index contributed by atoms with van der Waals surface area (Å²) in [7, 11) is 0. The number of carbonyl (C=O) groups is 1. The van der Waals surface area contributed by atoms with Crippen LogP contribution in [0.4, 0.5) is 10.5 Å². The van der Waals surface area contributed by atoms with Crippen molar-refractivity contribution in [2.24, 2.45) is 0 Å². The Balaban J connectivity index is 1.32. The smallest absolute Gasteiger partial charge is 0.319 e. The number of H-pyrrole nitrogens is 1. The maximum Gasteiger partial charge on any atom is 0.319 e. The molecule has 1 aromatic heterocycles. The number of benzene rings is 2. The Morgan fingerprint density at radius 2 is 2.00 bits per heavy atom. The van der Waals surface area contributed by atoms with E-state index in [0.717, 1.165) is 43.7 Å². The number of rotatable bonds is 6. The van der Waals surface area contributed by atoms with Crippen LogP contribution in [0.25, 0.3) is 10.9 Å². The molecule has 0 saturated carbocycles. The van der Waals surface area contributed by atoms with Crippen molar-refractivity contribution in [3.8, 4) is 5.75 Å². The Kier molecular flexibility index (Phi) is 5.24. The SMILES string of the molecule is CCCCOc1ccc(NC(=O)NC2Cc3[nH]c4ccc(C)cc4c3C2)cc1. The molecule has 0 saturated heterocycles. The topological polar surface area (TPSA) is 66.2 Å². The largest absolute Gasteiger partial charge is 0.494 e. The van der Waals surface area contributed by atoms with Gasteiger partial charge in [-0.3, -0.25) is 0 Å². The Morgan fingerprint density at radius 1 is 1.18 bits per heavy atom. The van der Waals surface area contributed by atoms with E-state index >= 15 is 0 Å². The Hall–Kier alpha value is -2.95. The lowest BCUT2D eigenvalue weighted by Gasteiger charge is -2.14. The molecule has 0 radical (unpaired) electrons. The number of hydrogen-bond donors (Lipinski definition) is 3. The molecule has 3 N–H and O–H groups in total. The zero-order valence-corrected chi connectivity index (χ0v) is 16.5. The van der Waals surface area contributed by atoms with E-state index < -0.39 is 0 Å². The number of urea groups is 1. The van der Waals surface area contributed by atoms with Crippen LogP contribution < -0.4 is 15.4 Å². The summed E-state index contributed by atoms with van der Waals surface area (Å²) < 4.78 is 5.65. The summed E-state index contributed by atoms with van der Waals surface area (Å²) in [5.74, 6) is 0.829. The van der Waals surface area contributed by atoms with Crippen LogP contribution in [0.15, 0.2) is 42.5 Å². The van der Waals surface area contributed by atoms with E-state index in [9.17, 15) is 4.79 Å². The quantitative estimate of drug-likeness (QED) is 0.533. The van der Waals surface area contributed by atoms with Gasteiger partial charge in [0, 0.05) is 34.7 Å². The predicted molar refractivity (Wildman–Crippen MR) is 113 cm³/mol. The zero-order chi connectivity index (χ0) is 19.5. The monoisotopic (exact) mass is 377 g/mol. The molecule has 5 nitrogen and oxygen atoms in total. The summed E-state index contributed by atoms with van der Waals surface area (Å²) in [6, 6.07) is 13.9. The molecule has 1 heterocycles. The second kappa shape index (κ2) is 7.97. The molecule has 2 amide bonds. The van der Waals surface area contributed by atoms with Crippen LogP contribution in [0, 0.1) is 6.92 Å². The number of anilines is 1. The van der Waals surface area contributed by atoms with Gasteiger partial charge in [0.1, 0.15) is 5.75 Å². The van der Waals surface area contributed by atoms with Crippen molar-refractivity contribution in [2.75, 3.05) is 11.9 Å². The molecule has 3 aromatic rings. The Bertz CT molecular complexity index is 975. The lowest BCUT2D eigenvalue weighted by Crippen LogP contribution is -2.38. The first kappa shape index (κ1) is 18.4. The van der Waals surface area contributed by atoms with Gasteiger partial charge in [-0.1, -0.05) is 25.0 Å². The van der Waals surface area contributed by atoms with E-state index in [2.05, 4.69) is 47.7 Å². The highest BCUT2D eigenvalue weighted by atomic mass is 16.5. The van der Waals surface area contributed by atoms with Gasteiger partial charge in [-0.25, -0.2) is 4.79 Å². The molecular weight excluding hydrogens is 350 g/mol. The minimum absolute atomic E-state index is 0.114. The second-order valence-electron chi connectivity index (χ2n) is 7.56. The Labute approximate surface area is 165 Å². The van der Waals surface area contributed by atoms with Gasteiger partial charge in [0.2, 0.25) is 0 Å². The van der Waals surface area contributed by atoms with Crippen molar-refractivity contribution in [1.29, 1.82) is 0 Å². The van der Waals surface area contributed by atoms with Crippen LogP contribution in [0.3, 0.4) is 0 Å². The molecule has 5 heteroatoms. The average molecular weight is 377 g/mol. The van der Waals surface area contributed by atoms with Gasteiger partial charge in [0.15, 0.2) is 0 Å². The van der Waals surface area contributed by atoms with E-state index in [1.807, 2.05) is 24.3 Å². The van der Waals surface area contributed by atoms with Crippen molar-refractivity contribution in [3.05, 3.63) is 59.3 Å². The first-order valence-electron chi connectivity index (χ1n) is 10.0. The van der Waals surface area contributed by atoms with Crippen molar-refractivity contribution < 1.29 is 9.53 Å². The van der Waals surface area contributed by atoms with E-state index in [4.69, 9.17) is 4.74 Å². The van der Waals surface area contributed by atoms with Gasteiger partial charge in [0.25, 0.3) is 0 Å². The van der Waals surface area contributed by atoms with E-state index in [0.29, 0.717) is 0 Å². The number of aromatic amines is 1. The van der Waals surface area contributed by atoms with Crippen LogP contribution in [0.1, 0.15) is 36.6 Å². The van der Waals surface area contributed by atoms with E-state index in [1.54, 1.807) is 0 Å². The molecule has 1 atom stereocenters. The fourth-order valence-electron chi connectivity index (χ4n) is 3.81. The number of hydrogen-bond acceptors (Lipinski definition) is 2. The highest BCUT2D eigenvalue weighted by Crippen LogP contribution is 2.30. The van der Waals surface area contributed by atoms with Crippen LogP contribution in [-0.4, -0.2) is 23.7 Å². The van der Waals surface area contributed by atoms with Crippen LogP contribution in [0.2, 0.25) is 0 Å². The third-order valence-electron chi connectivity index (χ3n) is 5.27. The minimum Gasteiger partial charge on any atom is -0.494 e. The number of carbonyl (C=O) groups excluding carboxylic acids is 1. The van der Waals surface area contributed by atoms with E-state index in [-0.39, 0.29) is 12.1 Å². The average Bonchev–Trinajstić information content (AvgIpc) is 3.20. The minimum atomic E-state index is -0.171. The number of aryl methyl sites for hydroxylation is 1. The molecule has 2 aromatic carbocycles. The van der Waals surface area contributed by atoms with Crippen LogP contribution >= 0.6 is 0 Å². The first-order chi connectivity index (χ1) is 13.6. The molecule has 28 heavy (non-hydrogen) atoms. The van der Waals surface area contributed by atoms with Crippen molar-refractivity contribution in [3.63, 3.8) is 0 Å². The lowest BCUT2D eigenvalue weighted by molar-refractivity contribution is 0.248. The maximum atomic E-state index is 12.4. The molecule has 1 aliphatic rings. The molecule has 0 fully saturated rings. The molecule has 4 rings (SSSR count). The molecule has 1 aliphatic carbocycles. The maximum absolute atomic E-state index is 12.4. The molecule has 0 spiro atoms. The number of amides is 2. The van der Waals surface area contributed by atoms with Crippen LogP contribution in [-0.2, 0) is 12.8 Å². The predicted octanol–water partition coefficient (Wildman–Crippen LogP) is 4.94. The number of unbranched alkanes of at least 4 members (excludes halogenated alkanes) is 1. The van der Waals surface area contributed by atoms with Gasteiger partial charge in [-0.2, -0.15) is 0 Å². The summed E-state index contributed by atoms with van der Waals surface area (Å²) in [6.45, 7) is 4.97. The number of aromatic nitrogens is 1. The zero-order valence-electron chi connectivity index (χ0n) is 16.5. The summed E-state index contributed by atoms with van der Waals surface area (Å²) in [6.07, 6.45) is 3.85. The van der Waals surface area contributed by atoms with Gasteiger partial charge in [0.05, 0.1) is 6.61 Å². The molecule has 1 unspecified atom stereocenters. The number of ether oxygens (including phenoxy) is 1. The highest BCUT2D eigenvalue weighted by Gasteiger charge is 2.26. The molecule has 0 aliphatic heterocycles. The first-order valence-corrected chi connectivity index (χ1v) is 10.0. The van der Waals surface area contributed by atoms with E-state index in [1.165, 1.54) is 27.7 Å². The van der Waals surface area contributed by atoms with Gasteiger partial charge in [-0.15, -0.1) is 0 Å². The fourth-order valence-corrected chi connectivity index (χ4v) is 3.81. The van der Waals surface area contributed by atoms with Gasteiger partial charge in [-0.05, 0) is 61.7 Å². The fraction of sp³-hybridized carbons (Fsp3) is 0.348. The molecule has 146 valence electrons. The summed E-state index contributed by atoms with van der Waals surface area (Å²) in [5.41, 5.74) is 5.76. The standard InChI is InChI=1S/C23H27N3O2/c1-3-4-11-28-18-8-6-16(7-9-18)24-23(27)25-17-13-20-19-12-15(2)5-10-21(19)26-22(20)14-17/h5-10,12,17,26H,3-4,11,13-14H2,1-2H3,(H2,24,25,27). The second-order valence-corrected chi connectivity index (χ2v) is 7.56. The number of fused-ring (bicyclic) bond motifs is 3. The third kappa shape index (κ3) is 3.98. The molecular formula is C23H27N3O2. The van der Waals surface area contributed by atoms with Gasteiger partial charge < -0.3 is 20.4 Å².